The summed E-state index contributed by atoms with van der Waals surface area (Å²) < 4.78 is 6.25. The molecule has 4 nitrogen and oxygen atoms in total. The Morgan fingerprint density at radius 1 is 1.26 bits per heavy atom. The SMILES string of the molecule is C=C1/C(=C\C=C2/CCC[C@]3(C)[C@@H]([C@@H](C)OCCCC(C)(C)O)CC[C@@H]23)C[C@@H](O)C[C@@H]1O. The number of rotatable bonds is 7. The summed E-state index contributed by atoms with van der Waals surface area (Å²) in [5.41, 5.74) is 2.91. The molecule has 0 unspecified atom stereocenters. The molecule has 3 aliphatic carbocycles. The topological polar surface area (TPSA) is 69.9 Å². The van der Waals surface area contributed by atoms with E-state index in [1.165, 1.54) is 31.3 Å². The van der Waals surface area contributed by atoms with Crippen LogP contribution in [-0.4, -0.2) is 45.8 Å². The molecule has 4 heteroatoms. The minimum Gasteiger partial charge on any atom is -0.393 e. The summed E-state index contributed by atoms with van der Waals surface area (Å²) in [6.07, 6.45) is 12.1. The van der Waals surface area contributed by atoms with Crippen molar-refractivity contribution >= 4 is 0 Å². The zero-order valence-corrected chi connectivity index (χ0v) is 20.1. The minimum absolute atomic E-state index is 0.234. The van der Waals surface area contributed by atoms with Gasteiger partial charge in [0.25, 0.3) is 0 Å². The van der Waals surface area contributed by atoms with Crippen molar-refractivity contribution in [2.24, 2.45) is 17.3 Å². The van der Waals surface area contributed by atoms with Crippen LogP contribution in [-0.2, 0) is 4.74 Å². The van der Waals surface area contributed by atoms with E-state index in [-0.39, 0.29) is 11.5 Å². The fraction of sp³-hybridized carbons (Fsp3) is 0.778. The Morgan fingerprint density at radius 2 is 2.00 bits per heavy atom. The van der Waals surface area contributed by atoms with Crippen LogP contribution >= 0.6 is 0 Å². The molecule has 3 fully saturated rings. The Labute approximate surface area is 189 Å². The fourth-order valence-corrected chi connectivity index (χ4v) is 6.41. The molecule has 0 spiro atoms. The first-order chi connectivity index (χ1) is 14.5. The van der Waals surface area contributed by atoms with Crippen molar-refractivity contribution in [1.29, 1.82) is 0 Å². The first kappa shape index (κ1) is 24.7. The lowest BCUT2D eigenvalue weighted by atomic mass is 9.62. The third-order valence-electron chi connectivity index (χ3n) is 8.18. The van der Waals surface area contributed by atoms with Crippen molar-refractivity contribution < 1.29 is 20.1 Å². The lowest BCUT2D eigenvalue weighted by Crippen LogP contribution is -2.38. The van der Waals surface area contributed by atoms with Crippen molar-refractivity contribution in [2.75, 3.05) is 6.61 Å². The number of allylic oxidation sites excluding steroid dienone is 3. The van der Waals surface area contributed by atoms with E-state index in [2.05, 4.69) is 32.6 Å². The van der Waals surface area contributed by atoms with Crippen LogP contribution in [0, 0.1) is 17.3 Å². The van der Waals surface area contributed by atoms with Crippen molar-refractivity contribution in [2.45, 2.75) is 109 Å². The van der Waals surface area contributed by atoms with Gasteiger partial charge in [0.15, 0.2) is 0 Å². The second-order valence-electron chi connectivity index (χ2n) is 11.2. The Bertz CT molecular complexity index is 701. The van der Waals surface area contributed by atoms with E-state index in [1.807, 2.05) is 13.8 Å². The summed E-state index contributed by atoms with van der Waals surface area (Å²) in [5.74, 6) is 1.14. The molecule has 0 aliphatic heterocycles. The number of aliphatic hydroxyl groups is 3. The van der Waals surface area contributed by atoms with E-state index in [0.717, 1.165) is 30.4 Å². The molecule has 0 heterocycles. The van der Waals surface area contributed by atoms with E-state index < -0.39 is 17.8 Å². The molecule has 0 bridgehead atoms. The molecule has 0 radical (unpaired) electrons. The van der Waals surface area contributed by atoms with Crippen LogP contribution in [0.15, 0.2) is 35.5 Å². The first-order valence-electron chi connectivity index (χ1n) is 12.3. The van der Waals surface area contributed by atoms with Gasteiger partial charge in [-0.1, -0.05) is 31.2 Å². The van der Waals surface area contributed by atoms with E-state index in [4.69, 9.17) is 4.74 Å². The van der Waals surface area contributed by atoms with Gasteiger partial charge in [-0.05, 0) is 101 Å². The number of fused-ring (bicyclic) bond motifs is 1. The highest BCUT2D eigenvalue weighted by atomic mass is 16.5. The van der Waals surface area contributed by atoms with Crippen molar-refractivity contribution in [3.8, 4) is 0 Å². The molecule has 6 atom stereocenters. The highest BCUT2D eigenvalue weighted by Crippen LogP contribution is 2.58. The van der Waals surface area contributed by atoms with Crippen LogP contribution < -0.4 is 0 Å². The van der Waals surface area contributed by atoms with Gasteiger partial charge in [-0.25, -0.2) is 0 Å². The van der Waals surface area contributed by atoms with Gasteiger partial charge < -0.3 is 20.1 Å². The molecule has 0 saturated heterocycles. The molecule has 3 aliphatic rings. The molecular weight excluding hydrogens is 388 g/mol. The van der Waals surface area contributed by atoms with Crippen LogP contribution in [0.25, 0.3) is 0 Å². The fourth-order valence-electron chi connectivity index (χ4n) is 6.41. The van der Waals surface area contributed by atoms with Gasteiger partial charge in [-0.2, -0.15) is 0 Å². The minimum atomic E-state index is -0.629. The molecule has 3 N–H and O–H groups in total. The molecule has 0 amide bonds. The molecule has 0 aromatic rings. The quantitative estimate of drug-likeness (QED) is 0.491. The Balaban J connectivity index is 1.66. The maximum atomic E-state index is 10.1. The smallest absolute Gasteiger partial charge is 0.0811 e. The van der Waals surface area contributed by atoms with E-state index in [9.17, 15) is 15.3 Å². The average Bonchev–Trinajstić information content (AvgIpc) is 3.03. The molecule has 3 saturated carbocycles. The van der Waals surface area contributed by atoms with Gasteiger partial charge in [0.1, 0.15) is 0 Å². The number of ether oxygens (including phenoxy) is 1. The predicted octanol–water partition coefficient (Wildman–Crippen LogP) is 5.08. The third-order valence-corrected chi connectivity index (χ3v) is 8.18. The summed E-state index contributed by atoms with van der Waals surface area (Å²) >= 11 is 0. The Morgan fingerprint density at radius 3 is 2.71 bits per heavy atom. The molecule has 0 aromatic carbocycles. The second-order valence-corrected chi connectivity index (χ2v) is 11.2. The molecule has 176 valence electrons. The maximum Gasteiger partial charge on any atom is 0.0811 e. The number of aliphatic hydroxyl groups excluding tert-OH is 2. The van der Waals surface area contributed by atoms with Gasteiger partial charge in [0.2, 0.25) is 0 Å². The highest BCUT2D eigenvalue weighted by molar-refractivity contribution is 5.38. The maximum absolute atomic E-state index is 10.1. The third kappa shape index (κ3) is 5.90. The molecule has 0 aromatic heterocycles. The van der Waals surface area contributed by atoms with E-state index in [0.29, 0.717) is 31.3 Å². The standard InChI is InChI=1S/C27H44O4/c1-18-21(16-22(28)17-25(18)29)10-9-20-8-6-14-27(5)23(11-12-24(20)27)19(2)31-15-7-13-26(3,4)30/h9-10,19,22-25,28-30H,1,6-8,11-17H2,2-5H3/b20-9+,21-10-/t19-,22-,23-,24+,25+,27-/m1/s1. The number of hydrogen-bond donors (Lipinski definition) is 3. The Hall–Kier alpha value is -0.940. The number of hydrogen-bond acceptors (Lipinski definition) is 4. The molecular formula is C27H44O4. The van der Waals surface area contributed by atoms with Gasteiger partial charge in [-0.3, -0.25) is 0 Å². The zero-order valence-electron chi connectivity index (χ0n) is 20.1. The second kappa shape index (κ2) is 9.91. The summed E-state index contributed by atoms with van der Waals surface area (Å²) in [6.45, 7) is 13.2. The first-order valence-corrected chi connectivity index (χ1v) is 12.3. The lowest BCUT2D eigenvalue weighted by molar-refractivity contribution is -0.0318. The molecule has 31 heavy (non-hydrogen) atoms. The predicted molar refractivity (Wildman–Crippen MR) is 126 cm³/mol. The van der Waals surface area contributed by atoms with Crippen LogP contribution in [0.3, 0.4) is 0 Å². The lowest BCUT2D eigenvalue weighted by Gasteiger charge is -2.44. The largest absolute Gasteiger partial charge is 0.393 e. The summed E-state index contributed by atoms with van der Waals surface area (Å²) in [6, 6.07) is 0. The highest BCUT2D eigenvalue weighted by Gasteiger charge is 2.51. The van der Waals surface area contributed by atoms with Crippen molar-refractivity contribution in [1.82, 2.24) is 0 Å². The monoisotopic (exact) mass is 432 g/mol. The van der Waals surface area contributed by atoms with Crippen LogP contribution in [0.2, 0.25) is 0 Å². The molecule has 3 rings (SSSR count). The zero-order chi connectivity index (χ0) is 22.8. The van der Waals surface area contributed by atoms with Crippen molar-refractivity contribution in [3.63, 3.8) is 0 Å². The summed E-state index contributed by atoms with van der Waals surface area (Å²) in [5, 5.41) is 30.1. The Kier molecular flexibility index (Phi) is 7.89. The van der Waals surface area contributed by atoms with Gasteiger partial charge in [0, 0.05) is 13.0 Å². The summed E-state index contributed by atoms with van der Waals surface area (Å²) in [7, 11) is 0. The van der Waals surface area contributed by atoms with Gasteiger partial charge in [-0.15, -0.1) is 0 Å². The average molecular weight is 433 g/mol. The van der Waals surface area contributed by atoms with Crippen molar-refractivity contribution in [3.05, 3.63) is 35.5 Å². The van der Waals surface area contributed by atoms with Gasteiger partial charge >= 0.3 is 0 Å². The van der Waals surface area contributed by atoms with Gasteiger partial charge in [0.05, 0.1) is 23.9 Å². The normalized spacial score (nSPS) is 38.0. The van der Waals surface area contributed by atoms with E-state index in [1.54, 1.807) is 0 Å². The van der Waals surface area contributed by atoms with E-state index >= 15 is 0 Å². The van der Waals surface area contributed by atoms with Crippen LogP contribution in [0.5, 0.6) is 0 Å². The van der Waals surface area contributed by atoms with Crippen LogP contribution in [0.1, 0.15) is 85.5 Å². The summed E-state index contributed by atoms with van der Waals surface area (Å²) in [4.78, 5) is 0. The van der Waals surface area contributed by atoms with Crippen LogP contribution in [0.4, 0.5) is 0 Å².